The maximum Gasteiger partial charge on any atom is 0.245 e. The molecule has 20 heavy (non-hydrogen) atoms. The van der Waals surface area contributed by atoms with Crippen molar-refractivity contribution in [2.24, 2.45) is 0 Å². The number of hydrogen-bond donors (Lipinski definition) is 1. The highest BCUT2D eigenvalue weighted by molar-refractivity contribution is 7.89. The standard InChI is InChI=1S/C12H21N3O4S/c1-2-20(18,19)15-7-3-6-14(8-9-15)12(17)10-4-5-11(16)13-10/h10H,2-9H2,1H3,(H,13,16). The quantitative estimate of drug-likeness (QED) is 0.736. The smallest absolute Gasteiger partial charge is 0.245 e. The minimum atomic E-state index is -3.20. The number of amides is 2. The predicted molar refractivity (Wildman–Crippen MR) is 73.4 cm³/mol. The summed E-state index contributed by atoms with van der Waals surface area (Å²) < 4.78 is 25.1. The first-order valence-electron chi connectivity index (χ1n) is 7.00. The van der Waals surface area contributed by atoms with Crippen molar-refractivity contribution < 1.29 is 18.0 Å². The van der Waals surface area contributed by atoms with Crippen LogP contribution in [0, 0.1) is 0 Å². The Labute approximate surface area is 119 Å². The molecule has 2 aliphatic heterocycles. The third kappa shape index (κ3) is 3.29. The van der Waals surface area contributed by atoms with E-state index in [4.69, 9.17) is 0 Å². The molecular weight excluding hydrogens is 282 g/mol. The first kappa shape index (κ1) is 15.2. The highest BCUT2D eigenvalue weighted by Crippen LogP contribution is 2.13. The summed E-state index contributed by atoms with van der Waals surface area (Å²) in [5.74, 6) is -0.0976. The maximum absolute atomic E-state index is 12.3. The second-order valence-electron chi connectivity index (χ2n) is 5.14. The number of rotatable bonds is 3. The molecule has 0 spiro atoms. The van der Waals surface area contributed by atoms with E-state index >= 15 is 0 Å². The molecule has 0 aromatic carbocycles. The van der Waals surface area contributed by atoms with E-state index in [1.165, 1.54) is 4.31 Å². The zero-order valence-electron chi connectivity index (χ0n) is 11.7. The summed E-state index contributed by atoms with van der Waals surface area (Å²) in [6.45, 7) is 3.35. The van der Waals surface area contributed by atoms with Crippen molar-refractivity contribution in [2.75, 3.05) is 31.9 Å². The van der Waals surface area contributed by atoms with Crippen LogP contribution in [0.5, 0.6) is 0 Å². The third-order valence-electron chi connectivity index (χ3n) is 3.82. The van der Waals surface area contributed by atoms with Crippen molar-refractivity contribution in [1.82, 2.24) is 14.5 Å². The Hall–Kier alpha value is -1.15. The highest BCUT2D eigenvalue weighted by Gasteiger charge is 2.32. The number of hydrogen-bond acceptors (Lipinski definition) is 4. The lowest BCUT2D eigenvalue weighted by Gasteiger charge is -2.24. The predicted octanol–water partition coefficient (Wildman–Crippen LogP) is -0.851. The topological polar surface area (TPSA) is 86.8 Å². The fourth-order valence-corrected chi connectivity index (χ4v) is 3.73. The molecule has 2 heterocycles. The van der Waals surface area contributed by atoms with Crippen LogP contribution in [-0.2, 0) is 19.6 Å². The van der Waals surface area contributed by atoms with Gasteiger partial charge in [-0.25, -0.2) is 12.7 Å². The molecule has 0 aromatic heterocycles. The van der Waals surface area contributed by atoms with Crippen molar-refractivity contribution in [3.63, 3.8) is 0 Å². The van der Waals surface area contributed by atoms with Gasteiger partial charge in [0.1, 0.15) is 6.04 Å². The van der Waals surface area contributed by atoms with E-state index in [2.05, 4.69) is 5.32 Å². The monoisotopic (exact) mass is 303 g/mol. The lowest BCUT2D eigenvalue weighted by atomic mass is 10.2. The van der Waals surface area contributed by atoms with Gasteiger partial charge in [0.2, 0.25) is 21.8 Å². The van der Waals surface area contributed by atoms with Crippen LogP contribution in [0.2, 0.25) is 0 Å². The zero-order valence-corrected chi connectivity index (χ0v) is 12.5. The summed E-state index contributed by atoms with van der Waals surface area (Å²) >= 11 is 0. The molecule has 114 valence electrons. The van der Waals surface area contributed by atoms with E-state index < -0.39 is 16.1 Å². The number of sulfonamides is 1. The maximum atomic E-state index is 12.3. The summed E-state index contributed by atoms with van der Waals surface area (Å²) in [4.78, 5) is 25.1. The Kier molecular flexibility index (Phi) is 4.64. The lowest BCUT2D eigenvalue weighted by molar-refractivity contribution is -0.134. The number of nitrogens with zero attached hydrogens (tertiary/aromatic N) is 2. The summed E-state index contributed by atoms with van der Waals surface area (Å²) in [6, 6.07) is -0.433. The summed E-state index contributed by atoms with van der Waals surface area (Å²) in [5.41, 5.74) is 0. The van der Waals surface area contributed by atoms with E-state index in [9.17, 15) is 18.0 Å². The first-order chi connectivity index (χ1) is 9.44. The van der Waals surface area contributed by atoms with Crippen LogP contribution in [-0.4, -0.2) is 67.4 Å². The van der Waals surface area contributed by atoms with Gasteiger partial charge >= 0.3 is 0 Å². The molecule has 2 amide bonds. The van der Waals surface area contributed by atoms with Crippen LogP contribution < -0.4 is 5.32 Å². The molecule has 0 radical (unpaired) electrons. The first-order valence-corrected chi connectivity index (χ1v) is 8.61. The van der Waals surface area contributed by atoms with Gasteiger partial charge in [-0.2, -0.15) is 0 Å². The lowest BCUT2D eigenvalue weighted by Crippen LogP contribution is -2.46. The molecule has 2 aliphatic rings. The molecule has 0 aliphatic carbocycles. The molecular formula is C12H21N3O4S. The van der Waals surface area contributed by atoms with Gasteiger partial charge in [-0.05, 0) is 19.8 Å². The fourth-order valence-electron chi connectivity index (χ4n) is 2.59. The van der Waals surface area contributed by atoms with Crippen molar-refractivity contribution in [2.45, 2.75) is 32.2 Å². The Morgan fingerprint density at radius 1 is 1.30 bits per heavy atom. The van der Waals surface area contributed by atoms with Gasteiger partial charge in [0, 0.05) is 32.6 Å². The molecule has 2 rings (SSSR count). The molecule has 2 saturated heterocycles. The SMILES string of the molecule is CCS(=O)(=O)N1CCCN(C(=O)C2CCC(=O)N2)CC1. The zero-order chi connectivity index (χ0) is 14.8. The summed E-state index contributed by atoms with van der Waals surface area (Å²) in [5, 5.41) is 2.66. The van der Waals surface area contributed by atoms with Crippen LogP contribution >= 0.6 is 0 Å². The van der Waals surface area contributed by atoms with Crippen LogP contribution in [0.3, 0.4) is 0 Å². The Morgan fingerprint density at radius 3 is 2.65 bits per heavy atom. The Balaban J connectivity index is 1.96. The molecule has 0 saturated carbocycles. The molecule has 1 unspecified atom stereocenters. The van der Waals surface area contributed by atoms with Gasteiger partial charge in [0.25, 0.3) is 0 Å². The van der Waals surface area contributed by atoms with Gasteiger partial charge in [-0.3, -0.25) is 9.59 Å². The molecule has 0 bridgehead atoms. The fraction of sp³-hybridized carbons (Fsp3) is 0.833. The molecule has 0 aromatic rings. The van der Waals surface area contributed by atoms with Crippen LogP contribution in [0.1, 0.15) is 26.2 Å². The van der Waals surface area contributed by atoms with Crippen molar-refractivity contribution in [3.05, 3.63) is 0 Å². The second-order valence-corrected chi connectivity index (χ2v) is 7.39. The molecule has 1 N–H and O–H groups in total. The largest absolute Gasteiger partial charge is 0.344 e. The van der Waals surface area contributed by atoms with Crippen LogP contribution in [0.25, 0.3) is 0 Å². The van der Waals surface area contributed by atoms with Crippen molar-refractivity contribution >= 4 is 21.8 Å². The minimum absolute atomic E-state index is 0.0830. The Morgan fingerprint density at radius 2 is 2.05 bits per heavy atom. The molecule has 7 nitrogen and oxygen atoms in total. The average Bonchev–Trinajstić information content (AvgIpc) is 2.71. The summed E-state index contributed by atoms with van der Waals surface area (Å²) in [6.07, 6.45) is 1.55. The van der Waals surface area contributed by atoms with Gasteiger partial charge in [-0.1, -0.05) is 0 Å². The second kappa shape index (κ2) is 6.09. The molecule has 8 heteroatoms. The van der Waals surface area contributed by atoms with E-state index in [1.54, 1.807) is 11.8 Å². The minimum Gasteiger partial charge on any atom is -0.344 e. The third-order valence-corrected chi connectivity index (χ3v) is 5.70. The van der Waals surface area contributed by atoms with Crippen molar-refractivity contribution in [3.8, 4) is 0 Å². The number of carbonyl (C=O) groups is 2. The van der Waals surface area contributed by atoms with E-state index in [0.29, 0.717) is 45.4 Å². The highest BCUT2D eigenvalue weighted by atomic mass is 32.2. The van der Waals surface area contributed by atoms with E-state index in [1.807, 2.05) is 0 Å². The summed E-state index contributed by atoms with van der Waals surface area (Å²) in [7, 11) is -3.20. The van der Waals surface area contributed by atoms with E-state index in [0.717, 1.165) is 0 Å². The van der Waals surface area contributed by atoms with Crippen LogP contribution in [0.15, 0.2) is 0 Å². The molecule has 2 fully saturated rings. The van der Waals surface area contributed by atoms with Crippen LogP contribution in [0.4, 0.5) is 0 Å². The van der Waals surface area contributed by atoms with E-state index in [-0.39, 0.29) is 17.6 Å². The normalized spacial score (nSPS) is 25.4. The number of carbonyl (C=O) groups excluding carboxylic acids is 2. The molecule has 1 atom stereocenters. The van der Waals surface area contributed by atoms with Gasteiger partial charge < -0.3 is 10.2 Å². The number of nitrogens with one attached hydrogen (secondary N) is 1. The average molecular weight is 303 g/mol. The van der Waals surface area contributed by atoms with Crippen molar-refractivity contribution in [1.29, 1.82) is 0 Å². The van der Waals surface area contributed by atoms with Gasteiger partial charge in [0.15, 0.2) is 0 Å². The van der Waals surface area contributed by atoms with Gasteiger partial charge in [0.05, 0.1) is 5.75 Å². The Bertz CT molecular complexity index is 491. The van der Waals surface area contributed by atoms with Gasteiger partial charge in [-0.15, -0.1) is 0 Å².